The van der Waals surface area contributed by atoms with E-state index in [4.69, 9.17) is 11.6 Å². The van der Waals surface area contributed by atoms with Crippen molar-refractivity contribution in [1.29, 1.82) is 0 Å². The summed E-state index contributed by atoms with van der Waals surface area (Å²) >= 11 is 7.73. The molecule has 0 spiro atoms. The summed E-state index contributed by atoms with van der Waals surface area (Å²) in [5, 5.41) is 9.09. The monoisotopic (exact) mass is 243 g/mol. The predicted octanol–water partition coefficient (Wildman–Crippen LogP) is 2.46. The highest BCUT2D eigenvalue weighted by Crippen LogP contribution is 2.27. The van der Waals surface area contributed by atoms with Crippen LogP contribution in [-0.2, 0) is 0 Å². The molecule has 2 unspecified atom stereocenters. The number of hydrogen-bond acceptors (Lipinski definition) is 4. The highest BCUT2D eigenvalue weighted by molar-refractivity contribution is 8.00. The molecule has 1 aromatic heterocycles. The zero-order chi connectivity index (χ0) is 10.8. The van der Waals surface area contributed by atoms with Gasteiger partial charge in [0.05, 0.1) is 0 Å². The summed E-state index contributed by atoms with van der Waals surface area (Å²) in [6, 6.07) is 4.23. The second-order valence-electron chi connectivity index (χ2n) is 3.72. The van der Waals surface area contributed by atoms with Crippen molar-refractivity contribution in [3.63, 3.8) is 0 Å². The zero-order valence-corrected chi connectivity index (χ0v) is 10.4. The smallest absolute Gasteiger partial charge is 0.151 e. The Morgan fingerprint density at radius 2 is 2.20 bits per heavy atom. The Bertz CT molecular complexity index is 330. The second-order valence-corrected chi connectivity index (χ2v) is 5.60. The maximum absolute atomic E-state index is 5.72. The highest BCUT2D eigenvalue weighted by Gasteiger charge is 2.26. The second kappa shape index (κ2) is 4.58. The number of aromatic nitrogens is 2. The van der Waals surface area contributed by atoms with Gasteiger partial charge in [-0.25, -0.2) is 0 Å². The van der Waals surface area contributed by atoms with Gasteiger partial charge in [-0.1, -0.05) is 18.5 Å². The SMILES string of the molecule is CC1SCCN(c2ccc(Cl)nn2)C1C. The average Bonchev–Trinajstić information content (AvgIpc) is 2.24. The summed E-state index contributed by atoms with van der Waals surface area (Å²) in [5.41, 5.74) is 0. The van der Waals surface area contributed by atoms with Crippen molar-refractivity contribution in [3.8, 4) is 0 Å². The van der Waals surface area contributed by atoms with Gasteiger partial charge >= 0.3 is 0 Å². The van der Waals surface area contributed by atoms with Crippen molar-refractivity contribution in [2.24, 2.45) is 0 Å². The molecular weight excluding hydrogens is 230 g/mol. The van der Waals surface area contributed by atoms with Crippen LogP contribution in [0.15, 0.2) is 12.1 Å². The molecule has 0 amide bonds. The lowest BCUT2D eigenvalue weighted by molar-refractivity contribution is 0.616. The van der Waals surface area contributed by atoms with E-state index in [1.165, 1.54) is 0 Å². The Kier molecular flexibility index (Phi) is 3.36. The first-order valence-electron chi connectivity index (χ1n) is 5.06. The maximum Gasteiger partial charge on any atom is 0.151 e. The number of thioether (sulfide) groups is 1. The van der Waals surface area contributed by atoms with Gasteiger partial charge in [-0.3, -0.25) is 0 Å². The molecule has 2 heterocycles. The lowest BCUT2D eigenvalue weighted by atomic mass is 10.2. The molecule has 0 N–H and O–H groups in total. The molecule has 0 bridgehead atoms. The Morgan fingerprint density at radius 1 is 1.40 bits per heavy atom. The number of hydrogen-bond donors (Lipinski definition) is 0. The van der Waals surface area contributed by atoms with E-state index in [1.807, 2.05) is 17.8 Å². The molecule has 5 heteroatoms. The molecule has 0 aliphatic carbocycles. The van der Waals surface area contributed by atoms with Crippen LogP contribution < -0.4 is 4.90 Å². The molecule has 1 saturated heterocycles. The summed E-state index contributed by atoms with van der Waals surface area (Å²) in [6.45, 7) is 5.52. The van der Waals surface area contributed by atoms with Crippen molar-refractivity contribution in [2.45, 2.75) is 25.1 Å². The largest absolute Gasteiger partial charge is 0.350 e. The summed E-state index contributed by atoms with van der Waals surface area (Å²) in [5.74, 6) is 2.08. The van der Waals surface area contributed by atoms with Crippen molar-refractivity contribution in [3.05, 3.63) is 17.3 Å². The first-order chi connectivity index (χ1) is 7.18. The lowest BCUT2D eigenvalue weighted by Gasteiger charge is -2.37. The summed E-state index contributed by atoms with van der Waals surface area (Å²) in [4.78, 5) is 2.30. The lowest BCUT2D eigenvalue weighted by Crippen LogP contribution is -2.45. The third-order valence-corrected chi connectivity index (χ3v) is 4.34. The molecule has 82 valence electrons. The van der Waals surface area contributed by atoms with Crippen LogP contribution in [0, 0.1) is 0 Å². The van der Waals surface area contributed by atoms with Crippen molar-refractivity contribution in [1.82, 2.24) is 10.2 Å². The number of nitrogens with zero attached hydrogens (tertiary/aromatic N) is 3. The molecule has 3 nitrogen and oxygen atoms in total. The van der Waals surface area contributed by atoms with Crippen LogP contribution in [0.1, 0.15) is 13.8 Å². The van der Waals surface area contributed by atoms with Crippen LogP contribution in [0.5, 0.6) is 0 Å². The van der Waals surface area contributed by atoms with Crippen LogP contribution in [0.4, 0.5) is 5.82 Å². The molecule has 1 aromatic rings. The van der Waals surface area contributed by atoms with Gasteiger partial charge in [0.15, 0.2) is 11.0 Å². The Morgan fingerprint density at radius 3 is 2.87 bits per heavy atom. The average molecular weight is 244 g/mol. The third kappa shape index (κ3) is 2.37. The van der Waals surface area contributed by atoms with E-state index in [2.05, 4.69) is 28.9 Å². The zero-order valence-electron chi connectivity index (χ0n) is 8.85. The topological polar surface area (TPSA) is 29.0 Å². The minimum absolute atomic E-state index is 0.450. The van der Waals surface area contributed by atoms with E-state index < -0.39 is 0 Å². The molecule has 2 atom stereocenters. The standard InChI is InChI=1S/C10H14ClN3S/c1-7-8(2)15-6-5-14(7)10-4-3-9(11)12-13-10/h3-4,7-8H,5-6H2,1-2H3. The van der Waals surface area contributed by atoms with E-state index in [0.717, 1.165) is 18.1 Å². The molecule has 0 saturated carbocycles. The number of rotatable bonds is 1. The van der Waals surface area contributed by atoms with E-state index in [9.17, 15) is 0 Å². The molecular formula is C10H14ClN3S. The van der Waals surface area contributed by atoms with Gasteiger partial charge in [-0.2, -0.15) is 11.8 Å². The van der Waals surface area contributed by atoms with E-state index >= 15 is 0 Å². The van der Waals surface area contributed by atoms with E-state index in [-0.39, 0.29) is 0 Å². The minimum atomic E-state index is 0.450. The van der Waals surface area contributed by atoms with E-state index in [1.54, 1.807) is 6.07 Å². The molecule has 1 aliphatic heterocycles. The van der Waals surface area contributed by atoms with Crippen LogP contribution in [-0.4, -0.2) is 33.8 Å². The number of halogens is 1. The maximum atomic E-state index is 5.72. The minimum Gasteiger partial charge on any atom is -0.350 e. The Labute approximate surface area is 99.2 Å². The van der Waals surface area contributed by atoms with Gasteiger partial charge in [-0.05, 0) is 19.1 Å². The fourth-order valence-electron chi connectivity index (χ4n) is 1.72. The molecule has 0 aromatic carbocycles. The van der Waals surface area contributed by atoms with E-state index in [0.29, 0.717) is 16.4 Å². The summed E-state index contributed by atoms with van der Waals surface area (Å²) in [7, 11) is 0. The molecule has 0 radical (unpaired) electrons. The van der Waals surface area contributed by atoms with Gasteiger partial charge in [0.1, 0.15) is 0 Å². The van der Waals surface area contributed by atoms with Crippen molar-refractivity contribution in [2.75, 3.05) is 17.2 Å². The quantitative estimate of drug-likeness (QED) is 0.758. The molecule has 2 rings (SSSR count). The van der Waals surface area contributed by atoms with Gasteiger partial charge in [0.2, 0.25) is 0 Å². The highest BCUT2D eigenvalue weighted by atomic mass is 35.5. The van der Waals surface area contributed by atoms with Gasteiger partial charge in [0, 0.05) is 23.6 Å². The Balaban J connectivity index is 2.18. The van der Waals surface area contributed by atoms with Gasteiger partial charge < -0.3 is 4.90 Å². The van der Waals surface area contributed by atoms with Crippen LogP contribution in [0.2, 0.25) is 5.15 Å². The van der Waals surface area contributed by atoms with Crippen LogP contribution in [0.3, 0.4) is 0 Å². The summed E-state index contributed by atoms with van der Waals surface area (Å²) in [6.07, 6.45) is 0. The molecule has 1 fully saturated rings. The predicted molar refractivity (Wildman–Crippen MR) is 65.8 cm³/mol. The molecule has 1 aliphatic rings. The normalized spacial score (nSPS) is 26.7. The van der Waals surface area contributed by atoms with Gasteiger partial charge in [0.25, 0.3) is 0 Å². The Hall–Kier alpha value is -0.480. The van der Waals surface area contributed by atoms with Crippen molar-refractivity contribution < 1.29 is 0 Å². The first-order valence-corrected chi connectivity index (χ1v) is 6.48. The fourth-order valence-corrected chi connectivity index (χ4v) is 2.92. The van der Waals surface area contributed by atoms with Crippen LogP contribution in [0.25, 0.3) is 0 Å². The number of anilines is 1. The van der Waals surface area contributed by atoms with Crippen LogP contribution >= 0.6 is 23.4 Å². The van der Waals surface area contributed by atoms with Gasteiger partial charge in [-0.15, -0.1) is 10.2 Å². The first kappa shape index (κ1) is 11.0. The fraction of sp³-hybridized carbons (Fsp3) is 0.600. The summed E-state index contributed by atoms with van der Waals surface area (Å²) < 4.78 is 0. The van der Waals surface area contributed by atoms with Crippen molar-refractivity contribution >= 4 is 29.2 Å². The third-order valence-electron chi connectivity index (χ3n) is 2.80. The molecule has 15 heavy (non-hydrogen) atoms.